The van der Waals surface area contributed by atoms with Crippen LogP contribution in [0.1, 0.15) is 24.2 Å². The SMILES string of the molecule is CNc1ncc(F)cc1C(=O)N1CCN(C)C(C)(C)C1. The lowest BCUT2D eigenvalue weighted by Gasteiger charge is -2.45. The topological polar surface area (TPSA) is 48.5 Å². The predicted molar refractivity (Wildman–Crippen MR) is 76.4 cm³/mol. The molecule has 0 saturated carbocycles. The van der Waals surface area contributed by atoms with Crippen LogP contribution in [0, 0.1) is 5.82 Å². The zero-order valence-electron chi connectivity index (χ0n) is 12.4. The summed E-state index contributed by atoms with van der Waals surface area (Å²) in [6.45, 7) is 6.24. The van der Waals surface area contributed by atoms with Gasteiger partial charge in [0.05, 0.1) is 11.8 Å². The van der Waals surface area contributed by atoms with Gasteiger partial charge in [-0.25, -0.2) is 9.37 Å². The second-order valence-electron chi connectivity index (χ2n) is 5.76. The molecule has 0 unspecified atom stereocenters. The third-order valence-electron chi connectivity index (χ3n) is 3.93. The van der Waals surface area contributed by atoms with E-state index >= 15 is 0 Å². The van der Waals surface area contributed by atoms with Crippen molar-refractivity contribution in [3.63, 3.8) is 0 Å². The minimum Gasteiger partial charge on any atom is -0.372 e. The van der Waals surface area contributed by atoms with Crippen LogP contribution in [0.4, 0.5) is 10.2 Å². The van der Waals surface area contributed by atoms with Crippen molar-refractivity contribution in [3.05, 3.63) is 23.6 Å². The summed E-state index contributed by atoms with van der Waals surface area (Å²) in [6.07, 6.45) is 1.11. The highest BCUT2D eigenvalue weighted by Gasteiger charge is 2.34. The molecule has 0 radical (unpaired) electrons. The van der Waals surface area contributed by atoms with Crippen molar-refractivity contribution in [1.29, 1.82) is 0 Å². The fourth-order valence-corrected chi connectivity index (χ4v) is 2.39. The molecule has 1 aliphatic rings. The van der Waals surface area contributed by atoms with Crippen molar-refractivity contribution in [2.24, 2.45) is 0 Å². The van der Waals surface area contributed by atoms with Crippen LogP contribution in [0.5, 0.6) is 0 Å². The van der Waals surface area contributed by atoms with Gasteiger partial charge in [-0.15, -0.1) is 0 Å². The van der Waals surface area contributed by atoms with E-state index < -0.39 is 5.82 Å². The zero-order valence-corrected chi connectivity index (χ0v) is 12.4. The normalized spacial score (nSPS) is 18.9. The van der Waals surface area contributed by atoms with Crippen LogP contribution in [0.3, 0.4) is 0 Å². The highest BCUT2D eigenvalue weighted by molar-refractivity contribution is 5.98. The van der Waals surface area contributed by atoms with Gasteiger partial charge in [0.15, 0.2) is 0 Å². The fraction of sp³-hybridized carbons (Fsp3) is 0.571. The first-order chi connectivity index (χ1) is 9.35. The number of likely N-dealkylation sites (N-methyl/N-ethyl adjacent to an activating group) is 1. The Morgan fingerprint density at radius 2 is 2.15 bits per heavy atom. The molecule has 0 atom stereocenters. The number of rotatable bonds is 2. The molecule has 1 aromatic heterocycles. The Morgan fingerprint density at radius 3 is 2.75 bits per heavy atom. The van der Waals surface area contributed by atoms with Gasteiger partial charge in [-0.1, -0.05) is 0 Å². The number of anilines is 1. The number of piperazine rings is 1. The maximum absolute atomic E-state index is 13.4. The quantitative estimate of drug-likeness (QED) is 0.890. The molecule has 20 heavy (non-hydrogen) atoms. The average molecular weight is 280 g/mol. The smallest absolute Gasteiger partial charge is 0.257 e. The summed E-state index contributed by atoms with van der Waals surface area (Å²) in [4.78, 5) is 20.5. The minimum atomic E-state index is -0.499. The lowest BCUT2D eigenvalue weighted by atomic mass is 9.99. The second kappa shape index (κ2) is 5.36. The Balaban J connectivity index is 2.26. The molecule has 1 N–H and O–H groups in total. The van der Waals surface area contributed by atoms with E-state index in [1.54, 1.807) is 11.9 Å². The number of nitrogens with zero attached hydrogens (tertiary/aromatic N) is 3. The van der Waals surface area contributed by atoms with Crippen molar-refractivity contribution in [1.82, 2.24) is 14.8 Å². The van der Waals surface area contributed by atoms with E-state index in [2.05, 4.69) is 29.0 Å². The lowest BCUT2D eigenvalue weighted by molar-refractivity contribution is 0.0311. The molecule has 110 valence electrons. The van der Waals surface area contributed by atoms with E-state index in [9.17, 15) is 9.18 Å². The molecule has 0 aliphatic carbocycles. The van der Waals surface area contributed by atoms with Crippen LogP contribution in [-0.4, -0.2) is 60.0 Å². The molecule has 2 rings (SSSR count). The van der Waals surface area contributed by atoms with E-state index in [0.29, 0.717) is 18.9 Å². The average Bonchev–Trinajstić information content (AvgIpc) is 2.41. The van der Waals surface area contributed by atoms with Crippen LogP contribution < -0.4 is 5.32 Å². The first-order valence-corrected chi connectivity index (χ1v) is 6.69. The van der Waals surface area contributed by atoms with E-state index in [0.717, 1.165) is 12.7 Å². The summed E-state index contributed by atoms with van der Waals surface area (Å²) >= 11 is 0. The molecule has 1 aliphatic heterocycles. The molecule has 1 fully saturated rings. The van der Waals surface area contributed by atoms with Crippen LogP contribution in [0.2, 0.25) is 0 Å². The number of hydrogen-bond acceptors (Lipinski definition) is 4. The summed E-state index contributed by atoms with van der Waals surface area (Å²) in [5.74, 6) is -0.267. The van der Waals surface area contributed by atoms with E-state index in [-0.39, 0.29) is 17.0 Å². The highest BCUT2D eigenvalue weighted by atomic mass is 19.1. The number of amides is 1. The van der Waals surface area contributed by atoms with Crippen molar-refractivity contribution in [2.75, 3.05) is 39.0 Å². The Labute approximate surface area is 118 Å². The second-order valence-corrected chi connectivity index (χ2v) is 5.76. The molecule has 5 nitrogen and oxygen atoms in total. The summed E-state index contributed by atoms with van der Waals surface area (Å²) < 4.78 is 13.4. The monoisotopic (exact) mass is 280 g/mol. The minimum absolute atomic E-state index is 0.0888. The van der Waals surface area contributed by atoms with Gasteiger partial charge in [-0.3, -0.25) is 9.69 Å². The highest BCUT2D eigenvalue weighted by Crippen LogP contribution is 2.22. The van der Waals surface area contributed by atoms with Gasteiger partial charge >= 0.3 is 0 Å². The third-order valence-corrected chi connectivity index (χ3v) is 3.93. The van der Waals surface area contributed by atoms with Crippen molar-refractivity contribution in [2.45, 2.75) is 19.4 Å². The number of aromatic nitrogens is 1. The summed E-state index contributed by atoms with van der Waals surface area (Å²) in [5.41, 5.74) is 0.196. The third kappa shape index (κ3) is 2.75. The molecule has 0 spiro atoms. The van der Waals surface area contributed by atoms with Crippen LogP contribution in [0.25, 0.3) is 0 Å². The summed E-state index contributed by atoms with van der Waals surface area (Å²) in [6, 6.07) is 1.24. The van der Waals surface area contributed by atoms with E-state index in [1.165, 1.54) is 6.07 Å². The molecule has 0 aromatic carbocycles. The largest absolute Gasteiger partial charge is 0.372 e. The molecule has 1 saturated heterocycles. The van der Waals surface area contributed by atoms with Crippen molar-refractivity contribution < 1.29 is 9.18 Å². The van der Waals surface area contributed by atoms with E-state index in [4.69, 9.17) is 0 Å². The molecule has 2 heterocycles. The fourth-order valence-electron chi connectivity index (χ4n) is 2.39. The maximum Gasteiger partial charge on any atom is 0.257 e. The van der Waals surface area contributed by atoms with Gasteiger partial charge in [-0.05, 0) is 27.0 Å². The first-order valence-electron chi connectivity index (χ1n) is 6.69. The van der Waals surface area contributed by atoms with Gasteiger partial charge in [-0.2, -0.15) is 0 Å². The summed E-state index contributed by atoms with van der Waals surface area (Å²) in [5, 5.41) is 2.84. The number of carbonyl (C=O) groups is 1. The van der Waals surface area contributed by atoms with Gasteiger partial charge in [0.1, 0.15) is 11.6 Å². The van der Waals surface area contributed by atoms with Crippen molar-refractivity contribution >= 4 is 11.7 Å². The molecular weight excluding hydrogens is 259 g/mol. The number of hydrogen-bond donors (Lipinski definition) is 1. The Bertz CT molecular complexity index is 518. The van der Waals surface area contributed by atoms with Gasteiger partial charge in [0.2, 0.25) is 0 Å². The van der Waals surface area contributed by atoms with E-state index in [1.807, 2.05) is 7.05 Å². The standard InChI is InChI=1S/C14H21FN4O/c1-14(2)9-19(6-5-18(14)4)13(20)11-7-10(15)8-17-12(11)16-3/h7-8H,5-6,9H2,1-4H3,(H,16,17). The molecule has 1 aromatic rings. The Hall–Kier alpha value is -1.69. The van der Waals surface area contributed by atoms with Crippen LogP contribution in [0.15, 0.2) is 12.3 Å². The number of nitrogens with one attached hydrogen (secondary N) is 1. The molecular formula is C14H21FN4O. The van der Waals surface area contributed by atoms with Crippen LogP contribution >= 0.6 is 0 Å². The molecule has 1 amide bonds. The van der Waals surface area contributed by atoms with Gasteiger partial charge in [0, 0.05) is 32.2 Å². The number of pyridine rings is 1. The van der Waals surface area contributed by atoms with Crippen LogP contribution in [-0.2, 0) is 0 Å². The Kier molecular flexibility index (Phi) is 3.94. The van der Waals surface area contributed by atoms with Crippen molar-refractivity contribution in [3.8, 4) is 0 Å². The maximum atomic E-state index is 13.4. The number of halogens is 1. The zero-order chi connectivity index (χ0) is 14.9. The first kappa shape index (κ1) is 14.7. The summed E-state index contributed by atoms with van der Waals surface area (Å²) in [7, 11) is 3.72. The number of carbonyl (C=O) groups excluding carboxylic acids is 1. The molecule has 6 heteroatoms. The lowest BCUT2D eigenvalue weighted by Crippen LogP contribution is -2.58. The predicted octanol–water partition coefficient (Wildman–Crippen LogP) is 1.43. The molecule has 0 bridgehead atoms. The van der Waals surface area contributed by atoms with Gasteiger partial charge < -0.3 is 10.2 Å². The van der Waals surface area contributed by atoms with Gasteiger partial charge in [0.25, 0.3) is 5.91 Å². The Morgan fingerprint density at radius 1 is 1.45 bits per heavy atom.